The predicted octanol–water partition coefficient (Wildman–Crippen LogP) is 10.9. The third-order valence-corrected chi connectivity index (χ3v) is 6.80. The van der Waals surface area contributed by atoms with Crippen LogP contribution in [0.2, 0.25) is 0 Å². The molecule has 0 atom stereocenters. The summed E-state index contributed by atoms with van der Waals surface area (Å²) in [6.45, 7) is 19.4. The van der Waals surface area contributed by atoms with Crippen LogP contribution in [0, 0.1) is 14.9 Å². The third-order valence-electron chi connectivity index (χ3n) is 6.80. The molecule has 0 saturated carbocycles. The van der Waals surface area contributed by atoms with Crippen LogP contribution in [0.5, 0.6) is 11.5 Å². The van der Waals surface area contributed by atoms with Gasteiger partial charge in [-0.05, 0) is 44.6 Å². The van der Waals surface area contributed by atoms with E-state index in [9.17, 15) is 10.2 Å². The van der Waals surface area contributed by atoms with Crippen molar-refractivity contribution in [3.05, 3.63) is 123 Å². The van der Waals surface area contributed by atoms with Gasteiger partial charge < -0.3 is 25.1 Å². The second-order valence-corrected chi connectivity index (χ2v) is 13.1. The Bertz CT molecular complexity index is 1350. The van der Waals surface area contributed by atoms with Gasteiger partial charge in [0.25, 0.3) is 0 Å². The molecule has 0 aromatic heterocycles. The number of phenolic OH excluding ortho intramolecular Hbond substituents is 2. The topological polar surface area (TPSA) is 40.5 Å². The van der Waals surface area contributed by atoms with Gasteiger partial charge in [-0.2, -0.15) is 0 Å². The molecule has 0 spiro atoms. The Morgan fingerprint density at radius 2 is 0.854 bits per heavy atom. The van der Waals surface area contributed by atoms with Crippen LogP contribution in [0.15, 0.2) is 91.0 Å². The average molecular weight is 587 g/mol. The first-order valence-electron chi connectivity index (χ1n) is 13.4. The van der Waals surface area contributed by atoms with Crippen molar-refractivity contribution in [1.82, 2.24) is 0 Å². The van der Waals surface area contributed by atoms with Gasteiger partial charge in [0.05, 0.1) is 0 Å². The molecule has 0 bridgehead atoms. The van der Waals surface area contributed by atoms with Crippen molar-refractivity contribution in [3.8, 4) is 33.8 Å². The molecule has 4 rings (SSSR count). The number of rotatable bonds is 2. The first kappa shape index (κ1) is 38.2. The Kier molecular flexibility index (Phi) is 13.9. The Balaban J connectivity index is 0.000000740. The van der Waals surface area contributed by atoms with E-state index in [-0.39, 0.29) is 52.8 Å². The second kappa shape index (κ2) is 14.9. The monoisotopic (exact) mass is 586 g/mol. The van der Waals surface area contributed by atoms with Gasteiger partial charge in [0.2, 0.25) is 0 Å². The number of hydrogen-bond donors (Lipinski definition) is 2. The van der Waals surface area contributed by atoms with Crippen molar-refractivity contribution < 1.29 is 31.9 Å². The molecule has 0 aliphatic carbocycles. The minimum absolute atomic E-state index is 0. The minimum Gasteiger partial charge on any atom is -0.507 e. The van der Waals surface area contributed by atoms with E-state index in [1.165, 1.54) is 5.56 Å². The Labute approximate surface area is 265 Å². The van der Waals surface area contributed by atoms with Gasteiger partial charge in [-0.25, -0.2) is 0 Å². The van der Waals surface area contributed by atoms with E-state index in [1.54, 1.807) is 0 Å². The van der Waals surface area contributed by atoms with Crippen LogP contribution < -0.4 is 0 Å². The van der Waals surface area contributed by atoms with Gasteiger partial charge in [-0.3, -0.25) is 0 Å². The molecule has 3 heteroatoms. The molecule has 0 amide bonds. The smallest absolute Gasteiger partial charge is 0.507 e. The fourth-order valence-electron chi connectivity index (χ4n) is 4.48. The summed E-state index contributed by atoms with van der Waals surface area (Å²) >= 11 is 0. The molecular weight excluding hydrogens is 536 g/mol. The maximum atomic E-state index is 10.8. The largest absolute Gasteiger partial charge is 2.00 e. The zero-order chi connectivity index (χ0) is 28.3. The van der Waals surface area contributed by atoms with Crippen molar-refractivity contribution in [2.45, 2.75) is 78.6 Å². The van der Waals surface area contributed by atoms with Gasteiger partial charge in [-0.1, -0.05) is 147 Å². The quantitative estimate of drug-likeness (QED) is 0.181. The van der Waals surface area contributed by atoms with Crippen molar-refractivity contribution in [3.63, 3.8) is 0 Å². The van der Waals surface area contributed by atoms with Crippen molar-refractivity contribution in [1.29, 1.82) is 0 Å². The SMILES string of the molecule is CC(C)(C)c1cc(-c2ccccc2)c(O)c(C(C)(C)C)c1.CC(C)(C)c1cccc(-c2ccccc2)c1O.[CH3-].[CH3-].[Ti+2]. The van der Waals surface area contributed by atoms with E-state index in [0.717, 1.165) is 33.4 Å². The summed E-state index contributed by atoms with van der Waals surface area (Å²) in [5, 5.41) is 21.1. The van der Waals surface area contributed by atoms with Crippen LogP contribution in [0.4, 0.5) is 0 Å². The molecule has 2 nitrogen and oxygen atoms in total. The molecule has 4 aromatic carbocycles. The summed E-state index contributed by atoms with van der Waals surface area (Å²) in [5.74, 6) is 0.799. The molecule has 0 unspecified atom stereocenters. The molecule has 218 valence electrons. The average Bonchev–Trinajstić information content (AvgIpc) is 2.83. The van der Waals surface area contributed by atoms with Gasteiger partial charge in [-0.15, -0.1) is 0 Å². The zero-order valence-electron chi connectivity index (χ0n) is 27.1. The summed E-state index contributed by atoms with van der Waals surface area (Å²) in [4.78, 5) is 0. The van der Waals surface area contributed by atoms with E-state index >= 15 is 0 Å². The van der Waals surface area contributed by atoms with Crippen LogP contribution >= 0.6 is 0 Å². The molecule has 0 aliphatic rings. The minimum atomic E-state index is -0.0884. The summed E-state index contributed by atoms with van der Waals surface area (Å²) in [7, 11) is 0. The summed E-state index contributed by atoms with van der Waals surface area (Å²) in [5.41, 5.74) is 7.10. The van der Waals surface area contributed by atoms with Crippen LogP contribution in [-0.4, -0.2) is 10.2 Å². The molecular formula is C38H50O2Ti. The first-order valence-corrected chi connectivity index (χ1v) is 13.4. The fourth-order valence-corrected chi connectivity index (χ4v) is 4.48. The maximum absolute atomic E-state index is 10.8. The Morgan fingerprint density at radius 3 is 1.27 bits per heavy atom. The normalized spacial score (nSPS) is 11.1. The van der Waals surface area contributed by atoms with Gasteiger partial charge in [0.15, 0.2) is 0 Å². The molecule has 41 heavy (non-hydrogen) atoms. The van der Waals surface area contributed by atoms with E-state index in [4.69, 9.17) is 0 Å². The van der Waals surface area contributed by atoms with Crippen molar-refractivity contribution in [2.24, 2.45) is 0 Å². The molecule has 0 saturated heterocycles. The van der Waals surface area contributed by atoms with Crippen LogP contribution in [-0.2, 0) is 38.0 Å². The second-order valence-electron chi connectivity index (χ2n) is 13.1. The molecule has 4 aromatic rings. The van der Waals surface area contributed by atoms with E-state index in [1.807, 2.05) is 78.9 Å². The van der Waals surface area contributed by atoms with Gasteiger partial charge >= 0.3 is 21.7 Å². The molecule has 0 radical (unpaired) electrons. The summed E-state index contributed by atoms with van der Waals surface area (Å²) in [6, 6.07) is 30.3. The Morgan fingerprint density at radius 1 is 0.439 bits per heavy atom. The van der Waals surface area contributed by atoms with Crippen LogP contribution in [0.1, 0.15) is 79.0 Å². The number of phenols is 2. The number of hydrogen-bond acceptors (Lipinski definition) is 2. The number of aromatic hydroxyl groups is 2. The predicted molar refractivity (Wildman–Crippen MR) is 176 cm³/mol. The van der Waals surface area contributed by atoms with Crippen LogP contribution in [0.3, 0.4) is 0 Å². The van der Waals surface area contributed by atoms with E-state index in [2.05, 4.69) is 74.4 Å². The number of para-hydroxylation sites is 1. The summed E-state index contributed by atoms with van der Waals surface area (Å²) < 4.78 is 0. The van der Waals surface area contributed by atoms with Crippen molar-refractivity contribution >= 4 is 0 Å². The number of benzene rings is 4. The zero-order valence-corrected chi connectivity index (χ0v) is 28.6. The Hall–Kier alpha value is -2.81. The van der Waals surface area contributed by atoms with Gasteiger partial charge in [0, 0.05) is 16.7 Å². The van der Waals surface area contributed by atoms with E-state index < -0.39 is 0 Å². The first-order chi connectivity index (χ1) is 17.6. The third kappa shape index (κ3) is 9.62. The maximum Gasteiger partial charge on any atom is 2.00 e. The van der Waals surface area contributed by atoms with Crippen molar-refractivity contribution in [2.75, 3.05) is 0 Å². The van der Waals surface area contributed by atoms with Gasteiger partial charge in [0.1, 0.15) is 11.5 Å². The summed E-state index contributed by atoms with van der Waals surface area (Å²) in [6.07, 6.45) is 0. The van der Waals surface area contributed by atoms with E-state index in [0.29, 0.717) is 11.5 Å². The molecule has 0 heterocycles. The van der Waals surface area contributed by atoms with Crippen LogP contribution in [0.25, 0.3) is 22.3 Å². The molecule has 0 fully saturated rings. The fraction of sp³-hybridized carbons (Fsp3) is 0.316. The molecule has 2 N–H and O–H groups in total. The standard InChI is InChI=1S/C20H26O.C16H18O.2CH3.Ti/c1-19(2,3)15-12-16(14-10-8-7-9-11-14)18(21)17(13-15)20(4,5)6;1-16(2,3)14-11-7-10-13(15(14)17)12-8-5-4-6-9-12;;;/h7-13,21H,1-6H3;4-11,17H,1-3H3;2*1H3;/q;;2*-1;+2. The molecule has 0 aliphatic heterocycles.